The molecule has 0 N–H and O–H groups in total. The molecule has 0 atom stereocenters. The predicted molar refractivity (Wildman–Crippen MR) is 113 cm³/mol. The fourth-order valence-electron chi connectivity index (χ4n) is 4.69. The first-order valence-electron chi connectivity index (χ1n) is 11.2. The number of piperazine rings is 1. The van der Waals surface area contributed by atoms with Crippen LogP contribution >= 0.6 is 0 Å². The van der Waals surface area contributed by atoms with Crippen LogP contribution in [0.25, 0.3) is 0 Å². The number of hydrogen-bond donors (Lipinski definition) is 0. The first-order chi connectivity index (χ1) is 15.1. The van der Waals surface area contributed by atoms with E-state index in [-0.39, 0.29) is 5.56 Å². The van der Waals surface area contributed by atoms with Gasteiger partial charge in [-0.2, -0.15) is 0 Å². The van der Waals surface area contributed by atoms with Crippen molar-refractivity contribution in [3.05, 3.63) is 52.9 Å². The van der Waals surface area contributed by atoms with Crippen molar-refractivity contribution in [3.8, 4) is 0 Å². The number of carbonyl (C=O) groups is 1. The van der Waals surface area contributed by atoms with E-state index in [4.69, 9.17) is 4.98 Å². The van der Waals surface area contributed by atoms with Crippen LogP contribution in [0.2, 0.25) is 0 Å². The van der Waals surface area contributed by atoms with E-state index in [1.807, 2.05) is 6.20 Å². The zero-order chi connectivity index (χ0) is 21.4. The maximum atomic E-state index is 14.1. The van der Waals surface area contributed by atoms with Gasteiger partial charge in [0.2, 0.25) is 5.95 Å². The molecular formula is C23H27F2N5O. The molecule has 6 nitrogen and oxygen atoms in total. The van der Waals surface area contributed by atoms with Crippen molar-refractivity contribution in [1.82, 2.24) is 19.8 Å². The van der Waals surface area contributed by atoms with Gasteiger partial charge in [0.15, 0.2) is 0 Å². The molecule has 1 aliphatic carbocycles. The van der Waals surface area contributed by atoms with Gasteiger partial charge < -0.3 is 9.80 Å². The van der Waals surface area contributed by atoms with E-state index in [1.165, 1.54) is 19.3 Å². The molecule has 8 heteroatoms. The van der Waals surface area contributed by atoms with Crippen molar-refractivity contribution in [3.63, 3.8) is 0 Å². The summed E-state index contributed by atoms with van der Waals surface area (Å²) in [4.78, 5) is 28.6. The van der Waals surface area contributed by atoms with E-state index in [0.717, 1.165) is 67.6 Å². The van der Waals surface area contributed by atoms with Gasteiger partial charge in [-0.3, -0.25) is 9.69 Å². The molecule has 1 amide bonds. The number of aromatic nitrogens is 2. The highest BCUT2D eigenvalue weighted by molar-refractivity contribution is 5.94. The second kappa shape index (κ2) is 8.49. The highest BCUT2D eigenvalue weighted by atomic mass is 19.1. The molecule has 2 aromatic rings. The highest BCUT2D eigenvalue weighted by Gasteiger charge is 2.29. The minimum atomic E-state index is -0.698. The Hall–Kier alpha value is -2.61. The van der Waals surface area contributed by atoms with E-state index in [9.17, 15) is 13.6 Å². The van der Waals surface area contributed by atoms with Crippen molar-refractivity contribution in [2.45, 2.75) is 38.1 Å². The summed E-state index contributed by atoms with van der Waals surface area (Å²) in [5, 5.41) is 0. The quantitative estimate of drug-likeness (QED) is 0.754. The summed E-state index contributed by atoms with van der Waals surface area (Å²) in [7, 11) is 0. The monoisotopic (exact) mass is 427 g/mol. The summed E-state index contributed by atoms with van der Waals surface area (Å²) in [6.07, 6.45) is 7.05. The third-order valence-corrected chi connectivity index (χ3v) is 6.85. The number of amides is 1. The largest absolute Gasteiger partial charge is 0.338 e. The van der Waals surface area contributed by atoms with E-state index in [1.54, 1.807) is 4.90 Å². The smallest absolute Gasteiger partial charge is 0.256 e. The molecule has 1 aromatic heterocycles. The molecule has 0 spiro atoms. The summed E-state index contributed by atoms with van der Waals surface area (Å²) in [5.41, 5.74) is 1.75. The van der Waals surface area contributed by atoms with Crippen molar-refractivity contribution in [2.75, 3.05) is 44.2 Å². The van der Waals surface area contributed by atoms with Gasteiger partial charge in [-0.25, -0.2) is 18.7 Å². The number of anilines is 1. The summed E-state index contributed by atoms with van der Waals surface area (Å²) in [6.45, 7) is 4.81. The van der Waals surface area contributed by atoms with Crippen molar-refractivity contribution in [2.24, 2.45) is 0 Å². The average Bonchev–Trinajstić information content (AvgIpc) is 2.96. The van der Waals surface area contributed by atoms with Crippen LogP contribution in [-0.2, 0) is 12.8 Å². The lowest BCUT2D eigenvalue weighted by atomic mass is 9.91. The highest BCUT2D eigenvalue weighted by Crippen LogP contribution is 2.26. The lowest BCUT2D eigenvalue weighted by molar-refractivity contribution is 0.0757. The fraction of sp³-hybridized carbons (Fsp3) is 0.522. The summed E-state index contributed by atoms with van der Waals surface area (Å²) in [5.74, 6) is -1.04. The predicted octanol–water partition coefficient (Wildman–Crippen LogP) is 2.67. The zero-order valence-electron chi connectivity index (χ0n) is 17.6. The van der Waals surface area contributed by atoms with E-state index in [0.29, 0.717) is 25.9 Å². The first kappa shape index (κ1) is 20.3. The Morgan fingerprint density at radius 3 is 2.52 bits per heavy atom. The summed E-state index contributed by atoms with van der Waals surface area (Å²) < 4.78 is 27.6. The second-order valence-corrected chi connectivity index (χ2v) is 8.67. The van der Waals surface area contributed by atoms with Crippen LogP contribution in [-0.4, -0.2) is 71.0 Å². The van der Waals surface area contributed by atoms with E-state index >= 15 is 0 Å². The van der Waals surface area contributed by atoms with Crippen LogP contribution in [0.1, 0.15) is 40.9 Å². The second-order valence-electron chi connectivity index (χ2n) is 8.67. The van der Waals surface area contributed by atoms with Crippen LogP contribution in [0, 0.1) is 11.6 Å². The lowest BCUT2D eigenvalue weighted by Crippen LogP contribution is -2.52. The molecule has 0 radical (unpaired) electrons. The van der Waals surface area contributed by atoms with Crippen molar-refractivity contribution in [1.29, 1.82) is 0 Å². The molecule has 164 valence electrons. The number of rotatable bonds is 3. The molecule has 2 fully saturated rings. The van der Waals surface area contributed by atoms with Gasteiger partial charge in [0, 0.05) is 57.9 Å². The third-order valence-electron chi connectivity index (χ3n) is 6.85. The first-order valence-corrected chi connectivity index (χ1v) is 11.2. The molecule has 1 aromatic carbocycles. The lowest BCUT2D eigenvalue weighted by Gasteiger charge is -2.43. The van der Waals surface area contributed by atoms with Gasteiger partial charge >= 0.3 is 0 Å². The van der Waals surface area contributed by atoms with Crippen LogP contribution < -0.4 is 4.90 Å². The molecule has 0 unspecified atom stereocenters. The minimum absolute atomic E-state index is 0.220. The Balaban J connectivity index is 1.25. The Morgan fingerprint density at radius 1 is 1.00 bits per heavy atom. The number of fused-ring (bicyclic) bond motifs is 1. The van der Waals surface area contributed by atoms with Gasteiger partial charge in [0.05, 0.1) is 11.3 Å². The molecule has 31 heavy (non-hydrogen) atoms. The van der Waals surface area contributed by atoms with Crippen LogP contribution in [0.4, 0.5) is 14.7 Å². The van der Waals surface area contributed by atoms with E-state index < -0.39 is 17.5 Å². The summed E-state index contributed by atoms with van der Waals surface area (Å²) in [6, 6.07) is 3.75. The maximum Gasteiger partial charge on any atom is 0.256 e. The number of hydrogen-bond acceptors (Lipinski definition) is 5. The van der Waals surface area contributed by atoms with Crippen LogP contribution in [0.15, 0.2) is 24.4 Å². The number of carbonyl (C=O) groups excluding carboxylic acids is 1. The van der Waals surface area contributed by atoms with Gasteiger partial charge in [-0.15, -0.1) is 0 Å². The molecule has 0 bridgehead atoms. The molecular weight excluding hydrogens is 400 g/mol. The van der Waals surface area contributed by atoms with Crippen molar-refractivity contribution >= 4 is 11.9 Å². The molecule has 1 saturated carbocycles. The Bertz CT molecular complexity index is 972. The van der Waals surface area contributed by atoms with E-state index in [2.05, 4.69) is 14.8 Å². The number of benzene rings is 1. The topological polar surface area (TPSA) is 52.6 Å². The SMILES string of the molecule is O=C(c1cc(F)ccc1F)N1CCc2cnc(N3CCN(C4CCC4)CC3)nc2CC1. The minimum Gasteiger partial charge on any atom is -0.338 e. The Morgan fingerprint density at radius 2 is 1.77 bits per heavy atom. The van der Waals surface area contributed by atoms with Gasteiger partial charge in [0.25, 0.3) is 5.91 Å². The Kier molecular flexibility index (Phi) is 5.56. The molecule has 1 saturated heterocycles. The van der Waals surface area contributed by atoms with Gasteiger partial charge in [0.1, 0.15) is 11.6 Å². The molecule has 3 aliphatic rings. The molecule has 3 heterocycles. The fourth-order valence-corrected chi connectivity index (χ4v) is 4.69. The van der Waals surface area contributed by atoms with Crippen molar-refractivity contribution < 1.29 is 13.6 Å². The maximum absolute atomic E-state index is 14.1. The van der Waals surface area contributed by atoms with Gasteiger partial charge in [-0.1, -0.05) is 6.42 Å². The van der Waals surface area contributed by atoms with Crippen LogP contribution in [0.5, 0.6) is 0 Å². The summed E-state index contributed by atoms with van der Waals surface area (Å²) >= 11 is 0. The zero-order valence-corrected chi connectivity index (χ0v) is 17.6. The standard InChI is InChI=1S/C23H27F2N5O/c24-17-4-5-20(25)19(14-17)22(31)29-8-6-16-15-26-23(27-21(16)7-9-29)30-12-10-28(11-13-30)18-2-1-3-18/h4-5,14-15,18H,1-3,6-13H2. The van der Waals surface area contributed by atoms with Crippen LogP contribution in [0.3, 0.4) is 0 Å². The van der Waals surface area contributed by atoms with Gasteiger partial charge in [-0.05, 0) is 43.0 Å². The third kappa shape index (κ3) is 4.13. The number of halogens is 2. The Labute approximate surface area is 180 Å². The number of nitrogens with zero attached hydrogens (tertiary/aromatic N) is 5. The normalized spacial score (nSPS) is 20.2. The molecule has 2 aliphatic heterocycles. The average molecular weight is 427 g/mol. The molecule has 5 rings (SSSR count).